The first kappa shape index (κ1) is 48.7. The van der Waals surface area contributed by atoms with Crippen LogP contribution in [0.3, 0.4) is 0 Å². The van der Waals surface area contributed by atoms with Gasteiger partial charge in [0.2, 0.25) is 0 Å². The number of carbonyl (C=O) groups is 1. The number of phosphoric acid groups is 1. The van der Waals surface area contributed by atoms with Gasteiger partial charge in [-0.25, -0.2) is 4.57 Å². The molecule has 47 heavy (non-hydrogen) atoms. The lowest BCUT2D eigenvalue weighted by molar-refractivity contribution is -0.137. The average molecular weight is 691 g/mol. The minimum Gasteiger partial charge on any atom is -0.481 e. The molecule has 0 bridgehead atoms. The van der Waals surface area contributed by atoms with E-state index >= 15 is 0 Å². The standard InChI is InChI=1S/C24H51O4P.C16H32O2/c1-4-7-10-13-16-19-22-26-29(25,27-23-20-17-14-11-8-5-2)28-24-21-18-15-12-9-6-3;1-2-3-4-5-6-7-8-9-10-11-12-13-14-15-16(17)18/h4-24H2,1-3H3;2-15H2,1H3,(H,17,18). The van der Waals surface area contributed by atoms with Crippen LogP contribution in [0.5, 0.6) is 0 Å². The molecule has 0 aliphatic heterocycles. The number of unbranched alkanes of at least 4 members (excludes halogenated alkanes) is 27. The topological polar surface area (TPSA) is 82.1 Å². The van der Waals surface area contributed by atoms with E-state index in [0.29, 0.717) is 26.2 Å². The molecule has 0 rings (SSSR count). The van der Waals surface area contributed by atoms with Gasteiger partial charge in [0.05, 0.1) is 19.8 Å². The van der Waals surface area contributed by atoms with Gasteiger partial charge in [-0.3, -0.25) is 18.4 Å². The zero-order valence-corrected chi connectivity index (χ0v) is 33.1. The largest absolute Gasteiger partial charge is 0.481 e. The van der Waals surface area contributed by atoms with Gasteiger partial charge < -0.3 is 5.11 Å². The number of phosphoric ester groups is 1. The molecule has 0 unspecified atom stereocenters. The fourth-order valence-corrected chi connectivity index (χ4v) is 6.86. The summed E-state index contributed by atoms with van der Waals surface area (Å²) in [5.41, 5.74) is 0. The van der Waals surface area contributed by atoms with Gasteiger partial charge in [-0.1, -0.05) is 201 Å². The smallest absolute Gasteiger partial charge is 0.474 e. The lowest BCUT2D eigenvalue weighted by Crippen LogP contribution is -2.04. The van der Waals surface area contributed by atoms with Crippen molar-refractivity contribution in [3.63, 3.8) is 0 Å². The van der Waals surface area contributed by atoms with E-state index in [1.165, 1.54) is 148 Å². The van der Waals surface area contributed by atoms with Crippen molar-refractivity contribution in [3.05, 3.63) is 0 Å². The summed E-state index contributed by atoms with van der Waals surface area (Å²) < 4.78 is 29.9. The summed E-state index contributed by atoms with van der Waals surface area (Å²) in [5, 5.41) is 8.49. The molecule has 0 aliphatic rings. The monoisotopic (exact) mass is 691 g/mol. The molecule has 7 heteroatoms. The minimum atomic E-state index is -3.40. The van der Waals surface area contributed by atoms with Crippen molar-refractivity contribution in [3.8, 4) is 0 Å². The van der Waals surface area contributed by atoms with Crippen molar-refractivity contribution in [2.75, 3.05) is 19.8 Å². The second-order valence-corrected chi connectivity index (χ2v) is 15.3. The van der Waals surface area contributed by atoms with Crippen molar-refractivity contribution in [1.82, 2.24) is 0 Å². The summed E-state index contributed by atoms with van der Waals surface area (Å²) >= 11 is 0. The SMILES string of the molecule is CCCCCCCCCCCCCCCC(=O)O.CCCCCCCCOP(=O)(OCCCCCCCC)OCCCCCCCC. The molecule has 0 radical (unpaired) electrons. The van der Waals surface area contributed by atoms with E-state index in [2.05, 4.69) is 27.7 Å². The second kappa shape index (κ2) is 41.7. The summed E-state index contributed by atoms with van der Waals surface area (Å²) in [4.78, 5) is 10.3. The molecule has 1 N–H and O–H groups in total. The Hall–Kier alpha value is -0.420. The molecule has 284 valence electrons. The van der Waals surface area contributed by atoms with E-state index in [0.717, 1.165) is 51.4 Å². The Morgan fingerprint density at radius 3 is 0.830 bits per heavy atom. The van der Waals surface area contributed by atoms with Crippen LogP contribution in [0.2, 0.25) is 0 Å². The van der Waals surface area contributed by atoms with Gasteiger partial charge in [-0.05, 0) is 25.7 Å². The second-order valence-electron chi connectivity index (χ2n) is 13.6. The van der Waals surface area contributed by atoms with Gasteiger partial charge in [0.15, 0.2) is 0 Å². The Labute approximate surface area is 294 Å². The zero-order chi connectivity index (χ0) is 34.9. The van der Waals surface area contributed by atoms with Crippen LogP contribution >= 0.6 is 7.82 Å². The summed E-state index contributed by atoms with van der Waals surface area (Å²) in [6.07, 6.45) is 38.5. The number of hydrogen-bond acceptors (Lipinski definition) is 5. The Kier molecular flexibility index (Phi) is 43.3. The molecule has 0 fully saturated rings. The minimum absolute atomic E-state index is 0.345. The number of rotatable bonds is 38. The van der Waals surface area contributed by atoms with Crippen LogP contribution in [0, 0.1) is 0 Å². The summed E-state index contributed by atoms with van der Waals surface area (Å²) in [5.74, 6) is -0.655. The van der Waals surface area contributed by atoms with E-state index in [1.54, 1.807) is 0 Å². The van der Waals surface area contributed by atoms with Crippen molar-refractivity contribution in [1.29, 1.82) is 0 Å². The summed E-state index contributed by atoms with van der Waals surface area (Å²) in [6, 6.07) is 0. The number of carboxylic acid groups (broad SMARTS) is 1. The molecular formula is C40H83O6P. The molecule has 0 aromatic rings. The predicted molar refractivity (Wildman–Crippen MR) is 204 cm³/mol. The van der Waals surface area contributed by atoms with E-state index < -0.39 is 13.8 Å². The fourth-order valence-electron chi connectivity index (χ4n) is 5.58. The molecule has 0 aromatic heterocycles. The van der Waals surface area contributed by atoms with Crippen molar-refractivity contribution in [2.24, 2.45) is 0 Å². The maximum atomic E-state index is 13.0. The van der Waals surface area contributed by atoms with Crippen molar-refractivity contribution >= 4 is 13.8 Å². The molecular weight excluding hydrogens is 607 g/mol. The average Bonchev–Trinajstić information content (AvgIpc) is 3.06. The predicted octanol–water partition coefficient (Wildman–Crippen LogP) is 14.8. The molecule has 0 aromatic carbocycles. The quantitative estimate of drug-likeness (QED) is 0.0513. The van der Waals surface area contributed by atoms with Crippen LogP contribution in [0.15, 0.2) is 0 Å². The van der Waals surface area contributed by atoms with Gasteiger partial charge in [-0.15, -0.1) is 0 Å². The highest BCUT2D eigenvalue weighted by Gasteiger charge is 2.26. The van der Waals surface area contributed by atoms with Gasteiger partial charge in [0.1, 0.15) is 0 Å². The van der Waals surface area contributed by atoms with E-state index in [9.17, 15) is 9.36 Å². The van der Waals surface area contributed by atoms with Crippen LogP contribution in [0.1, 0.15) is 233 Å². The number of carboxylic acids is 1. The van der Waals surface area contributed by atoms with E-state index in [1.807, 2.05) is 0 Å². The van der Waals surface area contributed by atoms with Gasteiger partial charge in [0.25, 0.3) is 0 Å². The third-order valence-corrected chi connectivity index (χ3v) is 10.2. The summed E-state index contributed by atoms with van der Waals surface area (Å²) in [6.45, 7) is 10.3. The summed E-state index contributed by atoms with van der Waals surface area (Å²) in [7, 11) is -3.40. The molecule has 0 heterocycles. The zero-order valence-electron chi connectivity index (χ0n) is 32.2. The Morgan fingerprint density at radius 1 is 0.383 bits per heavy atom. The first-order chi connectivity index (χ1) is 23.0. The van der Waals surface area contributed by atoms with Crippen LogP contribution in [0.4, 0.5) is 0 Å². The van der Waals surface area contributed by atoms with Crippen LogP contribution in [-0.2, 0) is 22.9 Å². The molecule has 0 spiro atoms. The lowest BCUT2D eigenvalue weighted by atomic mass is 10.0. The van der Waals surface area contributed by atoms with Crippen LogP contribution in [0.25, 0.3) is 0 Å². The molecule has 0 saturated heterocycles. The normalized spacial score (nSPS) is 11.5. The highest BCUT2D eigenvalue weighted by molar-refractivity contribution is 7.48. The molecule has 0 aliphatic carbocycles. The van der Waals surface area contributed by atoms with E-state index in [4.69, 9.17) is 18.7 Å². The molecule has 0 saturated carbocycles. The number of hydrogen-bond donors (Lipinski definition) is 1. The van der Waals surface area contributed by atoms with Gasteiger partial charge in [0, 0.05) is 6.42 Å². The molecule has 0 amide bonds. The third-order valence-electron chi connectivity index (χ3n) is 8.74. The fraction of sp³-hybridized carbons (Fsp3) is 0.975. The highest BCUT2D eigenvalue weighted by Crippen LogP contribution is 2.50. The van der Waals surface area contributed by atoms with E-state index in [-0.39, 0.29) is 0 Å². The van der Waals surface area contributed by atoms with Gasteiger partial charge in [-0.2, -0.15) is 0 Å². The first-order valence-electron chi connectivity index (χ1n) is 20.7. The Bertz CT molecular complexity index is 592. The van der Waals surface area contributed by atoms with Crippen molar-refractivity contribution < 1.29 is 28.0 Å². The first-order valence-corrected chi connectivity index (χ1v) is 22.2. The van der Waals surface area contributed by atoms with Crippen molar-refractivity contribution in [2.45, 2.75) is 233 Å². The highest BCUT2D eigenvalue weighted by atomic mass is 31.2. The Morgan fingerprint density at radius 2 is 0.596 bits per heavy atom. The number of aliphatic carboxylic acids is 1. The lowest BCUT2D eigenvalue weighted by Gasteiger charge is -2.18. The van der Waals surface area contributed by atoms with Crippen LogP contribution < -0.4 is 0 Å². The molecule has 6 nitrogen and oxygen atoms in total. The molecule has 0 atom stereocenters. The maximum absolute atomic E-state index is 13.0. The van der Waals surface area contributed by atoms with Crippen LogP contribution in [-0.4, -0.2) is 30.9 Å². The van der Waals surface area contributed by atoms with Gasteiger partial charge >= 0.3 is 13.8 Å². The third kappa shape index (κ3) is 43.6. The maximum Gasteiger partial charge on any atom is 0.474 e. The Balaban J connectivity index is 0.